The Bertz CT molecular complexity index is 538. The van der Waals surface area contributed by atoms with Crippen molar-refractivity contribution in [3.63, 3.8) is 0 Å². The monoisotopic (exact) mass is 239 g/mol. The highest BCUT2D eigenvalue weighted by Gasteiger charge is 2.11. The van der Waals surface area contributed by atoms with E-state index in [0.717, 1.165) is 11.1 Å². The fourth-order valence-corrected chi connectivity index (χ4v) is 1.72. The van der Waals surface area contributed by atoms with Gasteiger partial charge in [0, 0.05) is 12.2 Å². The molecular weight excluding hydrogens is 230 g/mol. The molecule has 0 saturated carbocycles. The SMILES string of the molecule is NC(CC(=O)O)c1ccn2c(Cl)ncc2c1. The van der Waals surface area contributed by atoms with Gasteiger partial charge in [-0.15, -0.1) is 0 Å². The van der Waals surface area contributed by atoms with Crippen molar-refractivity contribution in [3.05, 3.63) is 35.4 Å². The molecule has 5 nitrogen and oxygen atoms in total. The summed E-state index contributed by atoms with van der Waals surface area (Å²) in [7, 11) is 0. The predicted molar refractivity (Wildman–Crippen MR) is 59.4 cm³/mol. The van der Waals surface area contributed by atoms with Crippen molar-refractivity contribution >= 4 is 23.1 Å². The van der Waals surface area contributed by atoms with E-state index in [1.54, 1.807) is 28.9 Å². The third-order valence-electron chi connectivity index (χ3n) is 2.33. The van der Waals surface area contributed by atoms with E-state index in [4.69, 9.17) is 22.4 Å². The lowest BCUT2D eigenvalue weighted by Gasteiger charge is -2.09. The van der Waals surface area contributed by atoms with Crippen LogP contribution in [0, 0.1) is 0 Å². The van der Waals surface area contributed by atoms with Crippen LogP contribution in [0.15, 0.2) is 24.5 Å². The van der Waals surface area contributed by atoms with Crippen LogP contribution < -0.4 is 5.73 Å². The number of fused-ring (bicyclic) bond motifs is 1. The lowest BCUT2D eigenvalue weighted by Crippen LogP contribution is -2.15. The Morgan fingerprint density at radius 2 is 2.44 bits per heavy atom. The van der Waals surface area contributed by atoms with Crippen molar-refractivity contribution in [1.29, 1.82) is 0 Å². The molecule has 1 atom stereocenters. The molecule has 16 heavy (non-hydrogen) atoms. The second kappa shape index (κ2) is 4.11. The van der Waals surface area contributed by atoms with Crippen molar-refractivity contribution < 1.29 is 9.90 Å². The van der Waals surface area contributed by atoms with E-state index in [9.17, 15) is 4.79 Å². The molecule has 0 fully saturated rings. The zero-order chi connectivity index (χ0) is 11.7. The second-order valence-electron chi connectivity index (χ2n) is 3.49. The van der Waals surface area contributed by atoms with Gasteiger partial charge < -0.3 is 10.8 Å². The average molecular weight is 240 g/mol. The lowest BCUT2D eigenvalue weighted by molar-refractivity contribution is -0.137. The standard InChI is InChI=1S/C10H10ClN3O2/c11-10-13-5-7-3-6(1-2-14(7)10)8(12)4-9(15)16/h1-3,5,8H,4,12H2,(H,15,16). The van der Waals surface area contributed by atoms with Crippen LogP contribution in [0.5, 0.6) is 0 Å². The molecule has 2 aromatic rings. The zero-order valence-electron chi connectivity index (χ0n) is 8.30. The Morgan fingerprint density at radius 3 is 3.12 bits per heavy atom. The van der Waals surface area contributed by atoms with Crippen LogP contribution in [-0.4, -0.2) is 20.5 Å². The molecule has 0 bridgehead atoms. The van der Waals surface area contributed by atoms with Gasteiger partial charge in [-0.1, -0.05) is 0 Å². The summed E-state index contributed by atoms with van der Waals surface area (Å²) in [6.07, 6.45) is 3.24. The highest BCUT2D eigenvalue weighted by Crippen LogP contribution is 2.18. The first-order chi connectivity index (χ1) is 7.58. The van der Waals surface area contributed by atoms with E-state index in [0.29, 0.717) is 5.28 Å². The predicted octanol–water partition coefficient (Wildman–Crippen LogP) is 1.46. The molecule has 2 heterocycles. The molecule has 0 radical (unpaired) electrons. The number of nitrogens with zero attached hydrogens (tertiary/aromatic N) is 2. The number of nitrogens with two attached hydrogens (primary N) is 1. The maximum Gasteiger partial charge on any atom is 0.305 e. The highest BCUT2D eigenvalue weighted by molar-refractivity contribution is 6.28. The van der Waals surface area contributed by atoms with E-state index >= 15 is 0 Å². The Kier molecular flexibility index (Phi) is 2.80. The van der Waals surface area contributed by atoms with Gasteiger partial charge in [0.2, 0.25) is 5.28 Å². The maximum atomic E-state index is 10.5. The van der Waals surface area contributed by atoms with E-state index < -0.39 is 12.0 Å². The van der Waals surface area contributed by atoms with E-state index in [1.807, 2.05) is 0 Å². The van der Waals surface area contributed by atoms with Crippen LogP contribution >= 0.6 is 11.6 Å². The maximum absolute atomic E-state index is 10.5. The Hall–Kier alpha value is -1.59. The molecule has 0 aliphatic heterocycles. The summed E-state index contributed by atoms with van der Waals surface area (Å²) in [6.45, 7) is 0. The van der Waals surface area contributed by atoms with E-state index in [2.05, 4.69) is 4.98 Å². The third-order valence-corrected chi connectivity index (χ3v) is 2.61. The molecule has 84 valence electrons. The van der Waals surface area contributed by atoms with Crippen LogP contribution in [0.3, 0.4) is 0 Å². The quantitative estimate of drug-likeness (QED) is 0.850. The summed E-state index contributed by atoms with van der Waals surface area (Å²) >= 11 is 5.82. The molecule has 0 saturated heterocycles. The summed E-state index contributed by atoms with van der Waals surface area (Å²) in [5, 5.41) is 9.01. The summed E-state index contributed by atoms with van der Waals surface area (Å²) in [5.41, 5.74) is 7.30. The number of carboxylic acid groups (broad SMARTS) is 1. The average Bonchev–Trinajstić information content (AvgIpc) is 2.59. The number of aromatic nitrogens is 2. The van der Waals surface area contributed by atoms with Crippen molar-refractivity contribution in [2.24, 2.45) is 5.73 Å². The molecule has 2 aromatic heterocycles. The van der Waals surface area contributed by atoms with Crippen molar-refractivity contribution in [3.8, 4) is 0 Å². The summed E-state index contributed by atoms with van der Waals surface area (Å²) in [5.74, 6) is -0.918. The van der Waals surface area contributed by atoms with Crippen molar-refractivity contribution in [2.45, 2.75) is 12.5 Å². The molecule has 0 amide bonds. The molecule has 0 aliphatic carbocycles. The zero-order valence-corrected chi connectivity index (χ0v) is 9.05. The van der Waals surface area contributed by atoms with Crippen LogP contribution in [0.1, 0.15) is 18.0 Å². The first kappa shape index (κ1) is 10.9. The van der Waals surface area contributed by atoms with Crippen LogP contribution in [0.4, 0.5) is 0 Å². The molecule has 3 N–H and O–H groups in total. The van der Waals surface area contributed by atoms with E-state index in [1.165, 1.54) is 0 Å². The first-order valence-electron chi connectivity index (χ1n) is 4.68. The molecule has 0 aromatic carbocycles. The van der Waals surface area contributed by atoms with Gasteiger partial charge in [0.05, 0.1) is 18.1 Å². The Morgan fingerprint density at radius 1 is 1.69 bits per heavy atom. The number of pyridine rings is 1. The molecule has 1 unspecified atom stereocenters. The van der Waals surface area contributed by atoms with Crippen molar-refractivity contribution in [2.75, 3.05) is 0 Å². The van der Waals surface area contributed by atoms with Gasteiger partial charge >= 0.3 is 5.97 Å². The lowest BCUT2D eigenvalue weighted by atomic mass is 10.1. The van der Waals surface area contributed by atoms with Gasteiger partial charge in [0.1, 0.15) is 0 Å². The Labute approximate surface area is 96.5 Å². The minimum absolute atomic E-state index is 0.0992. The molecule has 6 heteroatoms. The fraction of sp³-hybridized carbons (Fsp3) is 0.200. The minimum Gasteiger partial charge on any atom is -0.481 e. The number of imidazole rings is 1. The number of carbonyl (C=O) groups is 1. The van der Waals surface area contributed by atoms with Crippen LogP contribution in [-0.2, 0) is 4.79 Å². The number of rotatable bonds is 3. The van der Waals surface area contributed by atoms with Gasteiger partial charge in [-0.3, -0.25) is 9.20 Å². The topological polar surface area (TPSA) is 80.6 Å². The molecular formula is C10H10ClN3O2. The first-order valence-corrected chi connectivity index (χ1v) is 5.05. The van der Waals surface area contributed by atoms with Crippen LogP contribution in [0.2, 0.25) is 5.28 Å². The Balaban J connectivity index is 2.35. The van der Waals surface area contributed by atoms with Gasteiger partial charge in [-0.2, -0.15) is 0 Å². The van der Waals surface area contributed by atoms with Gasteiger partial charge in [0.25, 0.3) is 0 Å². The summed E-state index contributed by atoms with van der Waals surface area (Å²) in [6, 6.07) is 3.01. The van der Waals surface area contributed by atoms with Crippen LogP contribution in [0.25, 0.3) is 5.52 Å². The number of hydrogen-bond acceptors (Lipinski definition) is 3. The fourth-order valence-electron chi connectivity index (χ4n) is 1.52. The number of carboxylic acids is 1. The smallest absolute Gasteiger partial charge is 0.305 e. The number of halogens is 1. The highest BCUT2D eigenvalue weighted by atomic mass is 35.5. The molecule has 0 aliphatic rings. The van der Waals surface area contributed by atoms with Gasteiger partial charge in [-0.05, 0) is 29.3 Å². The number of aliphatic carboxylic acids is 1. The van der Waals surface area contributed by atoms with E-state index in [-0.39, 0.29) is 6.42 Å². The summed E-state index contributed by atoms with van der Waals surface area (Å²) < 4.78 is 1.69. The number of hydrogen-bond donors (Lipinski definition) is 2. The molecule has 0 spiro atoms. The third kappa shape index (κ3) is 2.00. The normalized spacial score (nSPS) is 12.9. The second-order valence-corrected chi connectivity index (χ2v) is 3.82. The minimum atomic E-state index is -0.918. The summed E-state index contributed by atoms with van der Waals surface area (Å²) in [4.78, 5) is 14.5. The largest absolute Gasteiger partial charge is 0.481 e. The van der Waals surface area contributed by atoms with Gasteiger partial charge in [0.15, 0.2) is 0 Å². The molecule has 2 rings (SSSR count). The van der Waals surface area contributed by atoms with Crippen molar-refractivity contribution in [1.82, 2.24) is 9.38 Å². The van der Waals surface area contributed by atoms with Gasteiger partial charge in [-0.25, -0.2) is 4.98 Å².